The number of ether oxygens (including phenoxy) is 1. The standard InChI is InChI=1S/C13H13F3N2O3/c14-13(15,16)9-1-3-10(4-2-9)21-8-12(20)18-6-5-17-11(19)7-18/h1-4H,5-8H2,(H,17,19). The fourth-order valence-corrected chi connectivity index (χ4v) is 1.83. The van der Waals surface area contributed by atoms with Gasteiger partial charge < -0.3 is 15.0 Å². The average molecular weight is 302 g/mol. The molecule has 114 valence electrons. The van der Waals surface area contributed by atoms with Crippen molar-refractivity contribution in [3.63, 3.8) is 0 Å². The third kappa shape index (κ3) is 4.11. The number of benzene rings is 1. The number of piperazine rings is 1. The van der Waals surface area contributed by atoms with E-state index in [-0.39, 0.29) is 30.7 Å². The van der Waals surface area contributed by atoms with Crippen molar-refractivity contribution in [2.45, 2.75) is 6.18 Å². The predicted molar refractivity (Wildman–Crippen MR) is 66.5 cm³/mol. The molecule has 1 saturated heterocycles. The highest BCUT2D eigenvalue weighted by Gasteiger charge is 2.30. The Balaban J connectivity index is 1.88. The minimum Gasteiger partial charge on any atom is -0.484 e. The van der Waals surface area contributed by atoms with Crippen LogP contribution in [0.4, 0.5) is 13.2 Å². The first-order valence-corrected chi connectivity index (χ1v) is 6.21. The maximum Gasteiger partial charge on any atom is 0.416 e. The number of carbonyl (C=O) groups is 2. The molecule has 0 spiro atoms. The van der Waals surface area contributed by atoms with Crippen LogP contribution in [-0.2, 0) is 15.8 Å². The van der Waals surface area contributed by atoms with E-state index in [1.54, 1.807) is 0 Å². The summed E-state index contributed by atoms with van der Waals surface area (Å²) in [6.45, 7) is 0.416. The molecule has 21 heavy (non-hydrogen) atoms. The Bertz CT molecular complexity index is 528. The zero-order chi connectivity index (χ0) is 15.5. The largest absolute Gasteiger partial charge is 0.484 e. The Morgan fingerprint density at radius 1 is 1.29 bits per heavy atom. The van der Waals surface area contributed by atoms with Gasteiger partial charge in [0.05, 0.1) is 12.1 Å². The molecule has 2 rings (SSSR count). The van der Waals surface area contributed by atoms with Gasteiger partial charge in [-0.05, 0) is 24.3 Å². The van der Waals surface area contributed by atoms with E-state index in [9.17, 15) is 22.8 Å². The van der Waals surface area contributed by atoms with E-state index < -0.39 is 11.7 Å². The van der Waals surface area contributed by atoms with E-state index in [0.717, 1.165) is 24.3 Å². The lowest BCUT2D eigenvalue weighted by molar-refractivity contribution is -0.139. The second kappa shape index (κ2) is 6.02. The van der Waals surface area contributed by atoms with Crippen LogP contribution in [0.15, 0.2) is 24.3 Å². The smallest absolute Gasteiger partial charge is 0.416 e. The number of alkyl halides is 3. The lowest BCUT2D eigenvalue weighted by Gasteiger charge is -2.26. The van der Waals surface area contributed by atoms with Gasteiger partial charge in [-0.2, -0.15) is 13.2 Å². The average Bonchev–Trinajstić information content (AvgIpc) is 2.44. The lowest BCUT2D eigenvalue weighted by Crippen LogP contribution is -2.51. The molecule has 0 bridgehead atoms. The van der Waals surface area contributed by atoms with Crippen LogP contribution in [0, 0.1) is 0 Å². The summed E-state index contributed by atoms with van der Waals surface area (Å²) in [5, 5.41) is 2.58. The van der Waals surface area contributed by atoms with Gasteiger partial charge in [-0.3, -0.25) is 9.59 Å². The van der Waals surface area contributed by atoms with Gasteiger partial charge in [0, 0.05) is 13.1 Å². The normalized spacial score (nSPS) is 15.6. The highest BCUT2D eigenvalue weighted by molar-refractivity contribution is 5.86. The molecule has 0 unspecified atom stereocenters. The molecular weight excluding hydrogens is 289 g/mol. The molecule has 1 N–H and O–H groups in total. The summed E-state index contributed by atoms with van der Waals surface area (Å²) in [7, 11) is 0. The molecule has 1 aromatic carbocycles. The molecule has 5 nitrogen and oxygen atoms in total. The second-order valence-electron chi connectivity index (χ2n) is 4.48. The molecule has 0 aliphatic carbocycles. The van der Waals surface area contributed by atoms with Gasteiger partial charge in [-0.25, -0.2) is 0 Å². The fraction of sp³-hybridized carbons (Fsp3) is 0.385. The van der Waals surface area contributed by atoms with Crippen molar-refractivity contribution in [2.24, 2.45) is 0 Å². The summed E-state index contributed by atoms with van der Waals surface area (Å²) < 4.78 is 42.3. The maximum atomic E-state index is 12.4. The van der Waals surface area contributed by atoms with Gasteiger partial charge >= 0.3 is 6.18 Å². The molecule has 2 amide bonds. The van der Waals surface area contributed by atoms with Crippen LogP contribution in [0.3, 0.4) is 0 Å². The monoisotopic (exact) mass is 302 g/mol. The Morgan fingerprint density at radius 3 is 2.52 bits per heavy atom. The highest BCUT2D eigenvalue weighted by atomic mass is 19.4. The first-order chi connectivity index (χ1) is 9.86. The summed E-state index contributed by atoms with van der Waals surface area (Å²) in [6, 6.07) is 4.07. The van der Waals surface area contributed by atoms with Gasteiger partial charge in [0.2, 0.25) is 5.91 Å². The first kappa shape index (κ1) is 15.1. The molecule has 0 aromatic heterocycles. The van der Waals surface area contributed by atoms with Crippen molar-refractivity contribution in [1.82, 2.24) is 10.2 Å². The highest BCUT2D eigenvalue weighted by Crippen LogP contribution is 2.30. The quantitative estimate of drug-likeness (QED) is 0.908. The van der Waals surface area contributed by atoms with Gasteiger partial charge in [-0.1, -0.05) is 0 Å². The Morgan fingerprint density at radius 2 is 1.95 bits per heavy atom. The number of halogens is 3. The molecule has 1 aliphatic rings. The number of rotatable bonds is 3. The molecule has 1 heterocycles. The summed E-state index contributed by atoms with van der Waals surface area (Å²) in [4.78, 5) is 24.3. The van der Waals surface area contributed by atoms with Crippen molar-refractivity contribution in [3.8, 4) is 5.75 Å². The molecule has 0 radical (unpaired) electrons. The topological polar surface area (TPSA) is 58.6 Å². The van der Waals surface area contributed by atoms with Crippen molar-refractivity contribution in [1.29, 1.82) is 0 Å². The van der Waals surface area contributed by atoms with Crippen LogP contribution >= 0.6 is 0 Å². The summed E-state index contributed by atoms with van der Waals surface area (Å²) in [5.74, 6) is -0.466. The van der Waals surface area contributed by atoms with Crippen LogP contribution < -0.4 is 10.1 Å². The Kier molecular flexibility index (Phi) is 4.35. The van der Waals surface area contributed by atoms with E-state index in [2.05, 4.69) is 5.32 Å². The zero-order valence-corrected chi connectivity index (χ0v) is 10.9. The molecular formula is C13H13F3N2O3. The number of carbonyl (C=O) groups excluding carboxylic acids is 2. The van der Waals surface area contributed by atoms with Gasteiger partial charge in [0.25, 0.3) is 5.91 Å². The maximum absolute atomic E-state index is 12.4. The lowest BCUT2D eigenvalue weighted by atomic mass is 10.2. The van der Waals surface area contributed by atoms with Crippen LogP contribution in [0.25, 0.3) is 0 Å². The molecule has 1 aliphatic heterocycles. The van der Waals surface area contributed by atoms with E-state index in [1.807, 2.05) is 0 Å². The van der Waals surface area contributed by atoms with Crippen LogP contribution in [0.2, 0.25) is 0 Å². The third-order valence-electron chi connectivity index (χ3n) is 2.94. The van der Waals surface area contributed by atoms with Gasteiger partial charge in [0.1, 0.15) is 5.75 Å². The third-order valence-corrected chi connectivity index (χ3v) is 2.94. The number of hydrogen-bond donors (Lipinski definition) is 1. The van der Waals surface area contributed by atoms with Gasteiger partial charge in [0.15, 0.2) is 6.61 Å². The van der Waals surface area contributed by atoms with Crippen LogP contribution in [-0.4, -0.2) is 43.0 Å². The zero-order valence-electron chi connectivity index (χ0n) is 10.9. The van der Waals surface area contributed by atoms with E-state index in [0.29, 0.717) is 13.1 Å². The van der Waals surface area contributed by atoms with E-state index in [1.165, 1.54) is 4.90 Å². The van der Waals surface area contributed by atoms with E-state index >= 15 is 0 Å². The van der Waals surface area contributed by atoms with Gasteiger partial charge in [-0.15, -0.1) is 0 Å². The van der Waals surface area contributed by atoms with Crippen molar-refractivity contribution >= 4 is 11.8 Å². The van der Waals surface area contributed by atoms with Crippen LogP contribution in [0.5, 0.6) is 5.75 Å². The summed E-state index contributed by atoms with van der Waals surface area (Å²) >= 11 is 0. The molecule has 0 saturated carbocycles. The summed E-state index contributed by atoms with van der Waals surface area (Å²) in [6.07, 6.45) is -4.41. The minimum atomic E-state index is -4.41. The molecule has 1 fully saturated rings. The van der Waals surface area contributed by atoms with E-state index in [4.69, 9.17) is 4.74 Å². The SMILES string of the molecule is O=C1CN(C(=O)COc2ccc(C(F)(F)F)cc2)CCN1. The van der Waals surface area contributed by atoms with Crippen molar-refractivity contribution < 1.29 is 27.5 Å². The first-order valence-electron chi connectivity index (χ1n) is 6.21. The summed E-state index contributed by atoms with van der Waals surface area (Å²) in [5.41, 5.74) is -0.783. The Hall–Kier alpha value is -2.25. The molecule has 0 atom stereocenters. The minimum absolute atomic E-state index is 0.0325. The second-order valence-corrected chi connectivity index (χ2v) is 4.48. The van der Waals surface area contributed by atoms with Crippen molar-refractivity contribution in [2.75, 3.05) is 26.2 Å². The Labute approximate surface area is 118 Å². The number of nitrogens with zero attached hydrogens (tertiary/aromatic N) is 1. The predicted octanol–water partition coefficient (Wildman–Crippen LogP) is 1.04. The molecule has 1 aromatic rings. The van der Waals surface area contributed by atoms with Crippen molar-refractivity contribution in [3.05, 3.63) is 29.8 Å². The number of nitrogens with one attached hydrogen (secondary N) is 1. The number of hydrogen-bond acceptors (Lipinski definition) is 3. The fourth-order valence-electron chi connectivity index (χ4n) is 1.83. The number of amides is 2. The molecule has 8 heteroatoms. The van der Waals surface area contributed by atoms with Crippen LogP contribution in [0.1, 0.15) is 5.56 Å².